The van der Waals surface area contributed by atoms with E-state index in [9.17, 15) is 13.2 Å². The Kier molecular flexibility index (Phi) is 4.57. The van der Waals surface area contributed by atoms with Crippen molar-refractivity contribution in [3.05, 3.63) is 28.3 Å². The molecule has 0 unspecified atom stereocenters. The van der Waals surface area contributed by atoms with Crippen LogP contribution in [0.4, 0.5) is 0 Å². The van der Waals surface area contributed by atoms with Crippen molar-refractivity contribution in [2.24, 2.45) is 0 Å². The Bertz CT molecular complexity index is 667. The summed E-state index contributed by atoms with van der Waals surface area (Å²) in [6, 6.07) is 2.30. The molecule has 1 aliphatic rings. The van der Waals surface area contributed by atoms with Crippen molar-refractivity contribution in [1.82, 2.24) is 4.72 Å². The van der Waals surface area contributed by atoms with E-state index in [1.165, 1.54) is 19.1 Å². The van der Waals surface area contributed by atoms with Gasteiger partial charge in [0, 0.05) is 18.2 Å². The van der Waals surface area contributed by atoms with E-state index >= 15 is 0 Å². The lowest BCUT2D eigenvalue weighted by Gasteiger charge is -2.34. The zero-order chi connectivity index (χ0) is 15.8. The number of carbonyl (C=O) groups is 1. The van der Waals surface area contributed by atoms with Crippen molar-refractivity contribution in [2.45, 2.75) is 36.8 Å². The lowest BCUT2D eigenvalue weighted by Crippen LogP contribution is -2.47. The summed E-state index contributed by atoms with van der Waals surface area (Å²) >= 11 is 5.83. The first-order valence-electron chi connectivity index (χ1n) is 6.33. The van der Waals surface area contributed by atoms with E-state index in [2.05, 4.69) is 4.72 Å². The van der Waals surface area contributed by atoms with E-state index in [1.807, 2.05) is 0 Å². The third kappa shape index (κ3) is 3.37. The van der Waals surface area contributed by atoms with Crippen molar-refractivity contribution in [3.8, 4) is 0 Å². The highest BCUT2D eigenvalue weighted by molar-refractivity contribution is 7.89. The topological polar surface area (TPSA) is 92.7 Å². The Morgan fingerprint density at radius 1 is 1.43 bits per heavy atom. The van der Waals surface area contributed by atoms with Crippen LogP contribution in [0.2, 0.25) is 5.02 Å². The number of sulfonamides is 1. The molecule has 0 spiro atoms. The van der Waals surface area contributed by atoms with Gasteiger partial charge in [-0.3, -0.25) is 0 Å². The molecule has 0 atom stereocenters. The van der Waals surface area contributed by atoms with Crippen LogP contribution in [0, 0.1) is 6.92 Å². The molecule has 0 radical (unpaired) electrons. The third-order valence-corrected chi connectivity index (χ3v) is 5.46. The van der Waals surface area contributed by atoms with Gasteiger partial charge in [0.25, 0.3) is 0 Å². The molecule has 0 bridgehead atoms. The molecule has 0 aromatic heterocycles. The summed E-state index contributed by atoms with van der Waals surface area (Å²) in [5.74, 6) is -1.21. The molecule has 2 N–H and O–H groups in total. The Balaban J connectivity index is 2.30. The highest BCUT2D eigenvalue weighted by atomic mass is 35.5. The van der Waals surface area contributed by atoms with Gasteiger partial charge in [-0.1, -0.05) is 11.6 Å². The minimum Gasteiger partial charge on any atom is -0.478 e. The number of rotatable bonds is 5. The summed E-state index contributed by atoms with van der Waals surface area (Å²) in [5.41, 5.74) is 0.0493. The zero-order valence-corrected chi connectivity index (χ0v) is 13.2. The highest BCUT2D eigenvalue weighted by Gasteiger charge is 2.33. The number of benzene rings is 1. The van der Waals surface area contributed by atoms with E-state index in [1.54, 1.807) is 7.11 Å². The normalized spacial score (nSPS) is 21.9. The number of carboxylic acids is 1. The lowest BCUT2D eigenvalue weighted by atomic mass is 9.90. The quantitative estimate of drug-likeness (QED) is 0.857. The molecule has 1 aromatic rings. The Hall–Kier alpha value is -1.15. The molecule has 8 heteroatoms. The summed E-state index contributed by atoms with van der Waals surface area (Å²) in [5, 5.41) is 9.17. The predicted molar refractivity (Wildman–Crippen MR) is 77.3 cm³/mol. The van der Waals surface area contributed by atoms with Gasteiger partial charge in [-0.15, -0.1) is 0 Å². The Morgan fingerprint density at radius 2 is 2.05 bits per heavy atom. The average molecular weight is 334 g/mol. The van der Waals surface area contributed by atoms with Gasteiger partial charge in [0.05, 0.1) is 16.6 Å². The van der Waals surface area contributed by atoms with E-state index in [0.717, 1.165) is 0 Å². The van der Waals surface area contributed by atoms with Crippen LogP contribution in [0.15, 0.2) is 17.0 Å². The van der Waals surface area contributed by atoms with Gasteiger partial charge in [-0.05, 0) is 37.5 Å². The van der Waals surface area contributed by atoms with Gasteiger partial charge in [0.1, 0.15) is 0 Å². The smallest absolute Gasteiger partial charge is 0.336 e. The summed E-state index contributed by atoms with van der Waals surface area (Å²) in [4.78, 5) is 11.0. The monoisotopic (exact) mass is 333 g/mol. The molecule has 1 saturated carbocycles. The van der Waals surface area contributed by atoms with Gasteiger partial charge in [0.2, 0.25) is 10.0 Å². The fourth-order valence-corrected chi connectivity index (χ4v) is 4.13. The summed E-state index contributed by atoms with van der Waals surface area (Å²) in [6.07, 6.45) is 1.26. The first-order chi connectivity index (χ1) is 9.74. The van der Waals surface area contributed by atoms with Gasteiger partial charge >= 0.3 is 5.97 Å². The van der Waals surface area contributed by atoms with Crippen molar-refractivity contribution in [1.29, 1.82) is 0 Å². The minimum absolute atomic E-state index is 0.0627. The first kappa shape index (κ1) is 16.2. The number of carboxylic acid groups (broad SMARTS) is 1. The fraction of sp³-hybridized carbons (Fsp3) is 0.462. The van der Waals surface area contributed by atoms with Crippen LogP contribution in [-0.2, 0) is 14.8 Å². The van der Waals surface area contributed by atoms with Crippen LogP contribution in [0.25, 0.3) is 0 Å². The Labute approximate surface area is 128 Å². The third-order valence-electron chi connectivity index (χ3n) is 3.59. The van der Waals surface area contributed by atoms with Crippen LogP contribution < -0.4 is 4.72 Å². The number of nitrogens with one attached hydrogen (secondary N) is 1. The Morgan fingerprint density at radius 3 is 2.57 bits per heavy atom. The number of halogens is 1. The van der Waals surface area contributed by atoms with Crippen LogP contribution >= 0.6 is 11.6 Å². The second-order valence-electron chi connectivity index (χ2n) is 5.03. The van der Waals surface area contributed by atoms with Crippen molar-refractivity contribution >= 4 is 27.6 Å². The van der Waals surface area contributed by atoms with Gasteiger partial charge in [-0.2, -0.15) is 0 Å². The number of aromatic carboxylic acids is 1. The average Bonchev–Trinajstić information content (AvgIpc) is 2.35. The first-order valence-corrected chi connectivity index (χ1v) is 8.19. The summed E-state index contributed by atoms with van der Waals surface area (Å²) in [7, 11) is -2.24. The molecule has 0 saturated heterocycles. The summed E-state index contributed by atoms with van der Waals surface area (Å²) < 4.78 is 32.4. The van der Waals surface area contributed by atoms with Crippen LogP contribution in [0.3, 0.4) is 0 Å². The van der Waals surface area contributed by atoms with Gasteiger partial charge < -0.3 is 9.84 Å². The SMILES string of the molecule is COC1CC(NS(=O)(=O)c2cc(Cl)cc(C(=O)O)c2C)C1. The maximum absolute atomic E-state index is 12.4. The van der Waals surface area contributed by atoms with E-state index < -0.39 is 16.0 Å². The van der Waals surface area contributed by atoms with E-state index in [0.29, 0.717) is 12.8 Å². The summed E-state index contributed by atoms with van der Waals surface area (Å²) in [6.45, 7) is 1.45. The molecule has 2 rings (SSSR count). The second-order valence-corrected chi connectivity index (χ2v) is 7.15. The fourth-order valence-electron chi connectivity index (χ4n) is 2.29. The van der Waals surface area contributed by atoms with E-state index in [-0.39, 0.29) is 33.2 Å². The van der Waals surface area contributed by atoms with Gasteiger partial charge in [0.15, 0.2) is 0 Å². The molecular weight excluding hydrogens is 318 g/mol. The molecule has 1 fully saturated rings. The van der Waals surface area contributed by atoms with E-state index in [4.69, 9.17) is 21.4 Å². The second kappa shape index (κ2) is 5.92. The van der Waals surface area contributed by atoms with Crippen molar-refractivity contribution in [2.75, 3.05) is 7.11 Å². The molecular formula is C13H16ClNO5S. The minimum atomic E-state index is -3.81. The number of hydrogen-bond donors (Lipinski definition) is 2. The predicted octanol–water partition coefficient (Wildman–Crippen LogP) is 1.80. The number of hydrogen-bond acceptors (Lipinski definition) is 4. The molecule has 1 aliphatic carbocycles. The molecule has 0 amide bonds. The lowest BCUT2D eigenvalue weighted by molar-refractivity contribution is 0.0236. The van der Waals surface area contributed by atoms with Crippen molar-refractivity contribution in [3.63, 3.8) is 0 Å². The van der Waals surface area contributed by atoms with Crippen LogP contribution in [0.5, 0.6) is 0 Å². The molecule has 21 heavy (non-hydrogen) atoms. The maximum atomic E-state index is 12.4. The maximum Gasteiger partial charge on any atom is 0.336 e. The molecule has 0 heterocycles. The molecule has 0 aliphatic heterocycles. The molecule has 116 valence electrons. The standard InChI is InChI=1S/C13H16ClNO5S/c1-7-11(13(16)17)3-8(14)4-12(7)21(18,19)15-9-5-10(6-9)20-2/h3-4,9-10,15H,5-6H2,1-2H3,(H,16,17). The number of ether oxygens (including phenoxy) is 1. The molecule has 6 nitrogen and oxygen atoms in total. The zero-order valence-electron chi connectivity index (χ0n) is 11.6. The van der Waals surface area contributed by atoms with Crippen LogP contribution in [-0.4, -0.2) is 38.7 Å². The largest absolute Gasteiger partial charge is 0.478 e. The van der Waals surface area contributed by atoms with Gasteiger partial charge in [-0.25, -0.2) is 17.9 Å². The van der Waals surface area contributed by atoms with Crippen molar-refractivity contribution < 1.29 is 23.1 Å². The van der Waals surface area contributed by atoms with Crippen LogP contribution in [0.1, 0.15) is 28.8 Å². The molecule has 1 aromatic carbocycles. The highest BCUT2D eigenvalue weighted by Crippen LogP contribution is 2.28. The number of methoxy groups -OCH3 is 1.